The molecule has 0 spiro atoms. The number of halogens is 2. The van der Waals surface area contributed by atoms with Crippen molar-refractivity contribution in [1.29, 1.82) is 0 Å². The molecule has 0 fully saturated rings. The second-order valence-corrected chi connectivity index (χ2v) is 5.05. The van der Waals surface area contributed by atoms with E-state index in [0.29, 0.717) is 22.6 Å². The van der Waals surface area contributed by atoms with Crippen LogP contribution in [0.3, 0.4) is 0 Å². The molecule has 0 unspecified atom stereocenters. The summed E-state index contributed by atoms with van der Waals surface area (Å²) in [6, 6.07) is 5.83. The molecule has 2 aromatic rings. The van der Waals surface area contributed by atoms with Crippen molar-refractivity contribution in [2.24, 2.45) is 0 Å². The number of nitrogens with zero attached hydrogens (tertiary/aromatic N) is 3. The maximum absolute atomic E-state index is 6.13. The average molecular weight is 285 g/mol. The summed E-state index contributed by atoms with van der Waals surface area (Å²) in [6.45, 7) is 4.84. The lowest BCUT2D eigenvalue weighted by Crippen LogP contribution is -2.21. The number of hydrogen-bond acceptors (Lipinski definition) is 3. The van der Waals surface area contributed by atoms with Crippen LogP contribution in [0.4, 0.5) is 0 Å². The van der Waals surface area contributed by atoms with Gasteiger partial charge in [-0.3, -0.25) is 0 Å². The van der Waals surface area contributed by atoms with Crippen molar-refractivity contribution in [1.82, 2.24) is 20.3 Å². The minimum absolute atomic E-state index is 0.407. The first-order chi connectivity index (χ1) is 8.58. The van der Waals surface area contributed by atoms with E-state index in [1.54, 1.807) is 10.7 Å². The lowest BCUT2D eigenvalue weighted by molar-refractivity contribution is 0.580. The predicted molar refractivity (Wildman–Crippen MR) is 73.4 cm³/mol. The van der Waals surface area contributed by atoms with Gasteiger partial charge in [0.25, 0.3) is 0 Å². The van der Waals surface area contributed by atoms with E-state index in [1.165, 1.54) is 0 Å². The Balaban J connectivity index is 2.21. The number of benzene rings is 1. The zero-order chi connectivity index (χ0) is 13.1. The summed E-state index contributed by atoms with van der Waals surface area (Å²) >= 11 is 12.1. The summed E-state index contributed by atoms with van der Waals surface area (Å²) in [5, 5.41) is 12.4. The number of aromatic nitrogens is 3. The smallest absolute Gasteiger partial charge is 0.0969 e. The molecule has 0 aliphatic carbocycles. The van der Waals surface area contributed by atoms with Gasteiger partial charge < -0.3 is 5.32 Å². The maximum Gasteiger partial charge on any atom is 0.0969 e. The largest absolute Gasteiger partial charge is 0.309 e. The van der Waals surface area contributed by atoms with Gasteiger partial charge in [0.15, 0.2) is 0 Å². The Hall–Kier alpha value is -1.10. The molecular weight excluding hydrogens is 271 g/mol. The molecule has 1 heterocycles. The van der Waals surface area contributed by atoms with E-state index >= 15 is 0 Å². The van der Waals surface area contributed by atoms with E-state index in [0.717, 1.165) is 11.4 Å². The van der Waals surface area contributed by atoms with Crippen LogP contribution in [0.5, 0.6) is 0 Å². The van der Waals surface area contributed by atoms with E-state index in [4.69, 9.17) is 23.2 Å². The van der Waals surface area contributed by atoms with Crippen molar-refractivity contribution in [2.75, 3.05) is 0 Å². The van der Waals surface area contributed by atoms with Gasteiger partial charge >= 0.3 is 0 Å². The van der Waals surface area contributed by atoms with Gasteiger partial charge in [0.1, 0.15) is 0 Å². The Morgan fingerprint density at radius 3 is 2.83 bits per heavy atom. The summed E-state index contributed by atoms with van der Waals surface area (Å²) in [5.74, 6) is 0. The first-order valence-corrected chi connectivity index (χ1v) is 6.42. The highest BCUT2D eigenvalue weighted by molar-refractivity contribution is 6.43. The fourth-order valence-electron chi connectivity index (χ4n) is 1.48. The first kappa shape index (κ1) is 13.3. The monoisotopic (exact) mass is 284 g/mol. The van der Waals surface area contributed by atoms with Crippen molar-refractivity contribution in [2.45, 2.75) is 26.4 Å². The molecule has 0 aliphatic heterocycles. The minimum Gasteiger partial charge on any atom is -0.309 e. The SMILES string of the molecule is CC(C)NCc1cn(-c2cccc(Cl)c2Cl)nn1. The normalized spacial score (nSPS) is 11.2. The van der Waals surface area contributed by atoms with E-state index in [1.807, 2.05) is 18.3 Å². The van der Waals surface area contributed by atoms with Crippen LogP contribution in [-0.4, -0.2) is 21.0 Å². The Morgan fingerprint density at radius 2 is 2.11 bits per heavy atom. The molecule has 4 nitrogen and oxygen atoms in total. The van der Waals surface area contributed by atoms with Crippen LogP contribution < -0.4 is 5.32 Å². The first-order valence-electron chi connectivity index (χ1n) is 5.67. The van der Waals surface area contributed by atoms with Crippen molar-refractivity contribution < 1.29 is 0 Å². The molecule has 0 bridgehead atoms. The number of nitrogens with one attached hydrogen (secondary N) is 1. The van der Waals surface area contributed by atoms with Crippen LogP contribution >= 0.6 is 23.2 Å². The van der Waals surface area contributed by atoms with Gasteiger partial charge in [0, 0.05) is 12.6 Å². The van der Waals surface area contributed by atoms with Crippen LogP contribution in [0, 0.1) is 0 Å². The van der Waals surface area contributed by atoms with Crippen LogP contribution in [0.2, 0.25) is 10.0 Å². The van der Waals surface area contributed by atoms with Crippen LogP contribution in [0.25, 0.3) is 5.69 Å². The fourth-order valence-corrected chi connectivity index (χ4v) is 1.86. The highest BCUT2D eigenvalue weighted by Crippen LogP contribution is 2.27. The Kier molecular flexibility index (Phi) is 4.22. The molecule has 6 heteroatoms. The summed E-state index contributed by atoms with van der Waals surface area (Å²) in [5.41, 5.74) is 1.59. The van der Waals surface area contributed by atoms with Gasteiger partial charge in [0.05, 0.1) is 27.6 Å². The number of rotatable bonds is 4. The molecule has 96 valence electrons. The van der Waals surface area contributed by atoms with Crippen LogP contribution in [0.15, 0.2) is 24.4 Å². The van der Waals surface area contributed by atoms with E-state index < -0.39 is 0 Å². The van der Waals surface area contributed by atoms with Gasteiger partial charge in [-0.15, -0.1) is 5.10 Å². The molecule has 0 amide bonds. The molecule has 0 atom stereocenters. The summed E-state index contributed by atoms with van der Waals surface area (Å²) in [4.78, 5) is 0. The lowest BCUT2D eigenvalue weighted by Gasteiger charge is -2.05. The second-order valence-electron chi connectivity index (χ2n) is 4.26. The van der Waals surface area contributed by atoms with E-state index in [2.05, 4.69) is 29.5 Å². The third-order valence-corrected chi connectivity index (χ3v) is 3.22. The second kappa shape index (κ2) is 5.69. The molecule has 0 saturated heterocycles. The Bertz CT molecular complexity index is 537. The molecule has 1 N–H and O–H groups in total. The fraction of sp³-hybridized carbons (Fsp3) is 0.333. The molecule has 0 saturated carbocycles. The zero-order valence-electron chi connectivity index (χ0n) is 10.2. The van der Waals surface area contributed by atoms with Gasteiger partial charge in [-0.05, 0) is 12.1 Å². The predicted octanol–water partition coefficient (Wildman–Crippen LogP) is 3.07. The molecule has 1 aromatic carbocycles. The highest BCUT2D eigenvalue weighted by Gasteiger charge is 2.09. The maximum atomic E-state index is 6.13. The molecular formula is C12H14Cl2N4. The van der Waals surface area contributed by atoms with Crippen molar-refractivity contribution in [3.05, 3.63) is 40.1 Å². The average Bonchev–Trinajstić information content (AvgIpc) is 2.78. The van der Waals surface area contributed by atoms with Gasteiger partial charge in [0.2, 0.25) is 0 Å². The van der Waals surface area contributed by atoms with E-state index in [-0.39, 0.29) is 0 Å². The quantitative estimate of drug-likeness (QED) is 0.938. The molecule has 18 heavy (non-hydrogen) atoms. The van der Waals surface area contributed by atoms with Gasteiger partial charge in [-0.2, -0.15) is 0 Å². The van der Waals surface area contributed by atoms with Crippen molar-refractivity contribution in [3.63, 3.8) is 0 Å². The van der Waals surface area contributed by atoms with E-state index in [9.17, 15) is 0 Å². The zero-order valence-corrected chi connectivity index (χ0v) is 11.7. The summed E-state index contributed by atoms with van der Waals surface area (Å²) in [7, 11) is 0. The van der Waals surface area contributed by atoms with Gasteiger partial charge in [-0.1, -0.05) is 48.3 Å². The summed E-state index contributed by atoms with van der Waals surface area (Å²) < 4.78 is 1.63. The van der Waals surface area contributed by atoms with Crippen molar-refractivity contribution >= 4 is 23.2 Å². The van der Waals surface area contributed by atoms with Gasteiger partial charge in [-0.25, -0.2) is 4.68 Å². The molecule has 2 rings (SSSR count). The Labute approximate surface area is 116 Å². The molecule has 1 aromatic heterocycles. The summed E-state index contributed by atoms with van der Waals surface area (Å²) in [6.07, 6.45) is 1.84. The third-order valence-electron chi connectivity index (χ3n) is 2.41. The Morgan fingerprint density at radius 1 is 1.33 bits per heavy atom. The van der Waals surface area contributed by atoms with Crippen LogP contribution in [-0.2, 0) is 6.54 Å². The lowest BCUT2D eigenvalue weighted by atomic mass is 10.3. The topological polar surface area (TPSA) is 42.7 Å². The van der Waals surface area contributed by atoms with Crippen molar-refractivity contribution in [3.8, 4) is 5.69 Å². The standard InChI is InChI=1S/C12H14Cl2N4/c1-8(2)15-6-9-7-18(17-16-9)11-5-3-4-10(13)12(11)14/h3-5,7-8,15H,6H2,1-2H3. The third kappa shape index (κ3) is 3.02. The molecule has 0 aliphatic rings. The molecule has 0 radical (unpaired) electrons. The minimum atomic E-state index is 0.407. The van der Waals surface area contributed by atoms with Crippen LogP contribution in [0.1, 0.15) is 19.5 Å². The highest BCUT2D eigenvalue weighted by atomic mass is 35.5. The number of hydrogen-bond donors (Lipinski definition) is 1.